The molecular formula is C10H23N3O. The summed E-state index contributed by atoms with van der Waals surface area (Å²) in [7, 11) is 5.65. The second-order valence-electron chi connectivity index (χ2n) is 4.03. The first-order chi connectivity index (χ1) is 6.43. The Morgan fingerprint density at radius 3 is 2.36 bits per heavy atom. The van der Waals surface area contributed by atoms with Crippen molar-refractivity contribution in [3.05, 3.63) is 0 Å². The number of nitrogens with one attached hydrogen (secondary N) is 1. The lowest BCUT2D eigenvalue weighted by Crippen LogP contribution is -2.38. The average Bonchev–Trinajstić information content (AvgIpc) is 2.12. The first-order valence-corrected chi connectivity index (χ1v) is 4.93. The normalized spacial score (nSPS) is 12.9. The van der Waals surface area contributed by atoms with Crippen LogP contribution in [-0.2, 0) is 4.74 Å². The SMILES string of the molecule is CCNC(=NCC(C)(C)OC)N(C)C. The monoisotopic (exact) mass is 201 g/mol. The first kappa shape index (κ1) is 13.2. The standard InChI is InChI=1S/C10H23N3O/c1-7-11-9(13(4)5)12-8-10(2,3)14-6/h7-8H2,1-6H3,(H,11,12). The quantitative estimate of drug-likeness (QED) is 0.543. The fourth-order valence-corrected chi connectivity index (χ4v) is 0.843. The van der Waals surface area contributed by atoms with Crippen LogP contribution >= 0.6 is 0 Å². The second kappa shape index (κ2) is 5.86. The van der Waals surface area contributed by atoms with E-state index in [9.17, 15) is 0 Å². The van der Waals surface area contributed by atoms with Crippen molar-refractivity contribution in [3.63, 3.8) is 0 Å². The van der Waals surface area contributed by atoms with E-state index in [4.69, 9.17) is 4.74 Å². The minimum absolute atomic E-state index is 0.198. The lowest BCUT2D eigenvalue weighted by atomic mass is 10.1. The molecular weight excluding hydrogens is 178 g/mol. The van der Waals surface area contributed by atoms with E-state index in [1.54, 1.807) is 7.11 Å². The van der Waals surface area contributed by atoms with Gasteiger partial charge >= 0.3 is 0 Å². The van der Waals surface area contributed by atoms with Crippen molar-refractivity contribution < 1.29 is 4.74 Å². The summed E-state index contributed by atoms with van der Waals surface area (Å²) in [5.74, 6) is 0.901. The molecule has 0 aliphatic heterocycles. The lowest BCUT2D eigenvalue weighted by Gasteiger charge is -2.23. The summed E-state index contributed by atoms with van der Waals surface area (Å²) < 4.78 is 5.29. The van der Waals surface area contributed by atoms with Gasteiger partial charge in [-0.25, -0.2) is 0 Å². The van der Waals surface area contributed by atoms with Crippen LogP contribution in [0.3, 0.4) is 0 Å². The molecule has 0 rings (SSSR count). The maximum Gasteiger partial charge on any atom is 0.193 e. The molecule has 0 atom stereocenters. The van der Waals surface area contributed by atoms with Crippen LogP contribution < -0.4 is 5.32 Å². The fourth-order valence-electron chi connectivity index (χ4n) is 0.843. The second-order valence-corrected chi connectivity index (χ2v) is 4.03. The Hall–Kier alpha value is -0.770. The van der Waals surface area contributed by atoms with E-state index in [1.807, 2.05) is 32.8 Å². The molecule has 4 nitrogen and oxygen atoms in total. The summed E-state index contributed by atoms with van der Waals surface area (Å²) in [6, 6.07) is 0. The zero-order valence-corrected chi connectivity index (χ0v) is 10.2. The van der Waals surface area contributed by atoms with E-state index in [0.717, 1.165) is 12.5 Å². The van der Waals surface area contributed by atoms with Gasteiger partial charge in [0.1, 0.15) is 0 Å². The predicted octanol–water partition coefficient (Wildman–Crippen LogP) is 0.938. The molecule has 0 aromatic heterocycles. The molecule has 0 unspecified atom stereocenters. The van der Waals surface area contributed by atoms with Crippen LogP contribution in [0.5, 0.6) is 0 Å². The maximum atomic E-state index is 5.29. The summed E-state index contributed by atoms with van der Waals surface area (Å²) >= 11 is 0. The maximum absolute atomic E-state index is 5.29. The van der Waals surface area contributed by atoms with Crippen LogP contribution in [-0.4, -0.2) is 50.8 Å². The van der Waals surface area contributed by atoms with E-state index in [0.29, 0.717) is 6.54 Å². The van der Waals surface area contributed by atoms with Gasteiger partial charge in [0.25, 0.3) is 0 Å². The number of nitrogens with zero attached hydrogens (tertiary/aromatic N) is 2. The van der Waals surface area contributed by atoms with Gasteiger partial charge in [0, 0.05) is 27.7 Å². The molecule has 0 radical (unpaired) electrons. The van der Waals surface area contributed by atoms with Gasteiger partial charge in [-0.2, -0.15) is 0 Å². The molecule has 0 heterocycles. The van der Waals surface area contributed by atoms with Gasteiger partial charge in [-0.3, -0.25) is 4.99 Å². The molecule has 0 saturated carbocycles. The Kier molecular flexibility index (Phi) is 5.53. The molecule has 84 valence electrons. The zero-order chi connectivity index (χ0) is 11.2. The molecule has 1 N–H and O–H groups in total. The molecule has 0 aliphatic carbocycles. The lowest BCUT2D eigenvalue weighted by molar-refractivity contribution is 0.0309. The van der Waals surface area contributed by atoms with Crippen molar-refractivity contribution in [2.45, 2.75) is 26.4 Å². The van der Waals surface area contributed by atoms with E-state index < -0.39 is 0 Å². The van der Waals surface area contributed by atoms with E-state index in [1.165, 1.54) is 0 Å². The van der Waals surface area contributed by atoms with Gasteiger partial charge in [-0.05, 0) is 20.8 Å². The first-order valence-electron chi connectivity index (χ1n) is 4.93. The number of hydrogen-bond acceptors (Lipinski definition) is 2. The van der Waals surface area contributed by atoms with Gasteiger partial charge < -0.3 is 15.0 Å². The van der Waals surface area contributed by atoms with Gasteiger partial charge in [-0.15, -0.1) is 0 Å². The molecule has 14 heavy (non-hydrogen) atoms. The fraction of sp³-hybridized carbons (Fsp3) is 0.900. The molecule has 0 amide bonds. The number of aliphatic imine (C=N–C) groups is 1. The summed E-state index contributed by atoms with van der Waals surface area (Å²) in [4.78, 5) is 6.43. The topological polar surface area (TPSA) is 36.9 Å². The highest BCUT2D eigenvalue weighted by molar-refractivity contribution is 5.79. The molecule has 0 saturated heterocycles. The van der Waals surface area contributed by atoms with Crippen molar-refractivity contribution in [1.29, 1.82) is 0 Å². The number of ether oxygens (including phenoxy) is 1. The predicted molar refractivity (Wildman–Crippen MR) is 60.8 cm³/mol. The van der Waals surface area contributed by atoms with Crippen molar-refractivity contribution in [2.75, 3.05) is 34.3 Å². The van der Waals surface area contributed by atoms with Crippen LogP contribution in [0.25, 0.3) is 0 Å². The minimum atomic E-state index is -0.198. The molecule has 0 aromatic carbocycles. The number of guanidine groups is 1. The Labute approximate surface area is 87.3 Å². The minimum Gasteiger partial charge on any atom is -0.377 e. The van der Waals surface area contributed by atoms with Crippen molar-refractivity contribution >= 4 is 5.96 Å². The van der Waals surface area contributed by atoms with E-state index in [2.05, 4.69) is 17.2 Å². The third kappa shape index (κ3) is 5.07. The van der Waals surface area contributed by atoms with Gasteiger partial charge in [-0.1, -0.05) is 0 Å². The average molecular weight is 201 g/mol. The smallest absolute Gasteiger partial charge is 0.193 e. The van der Waals surface area contributed by atoms with Crippen molar-refractivity contribution in [1.82, 2.24) is 10.2 Å². The largest absolute Gasteiger partial charge is 0.377 e. The van der Waals surface area contributed by atoms with Crippen molar-refractivity contribution in [2.24, 2.45) is 4.99 Å². The third-order valence-electron chi connectivity index (χ3n) is 1.92. The third-order valence-corrected chi connectivity index (χ3v) is 1.92. The number of hydrogen-bond donors (Lipinski definition) is 1. The van der Waals surface area contributed by atoms with Gasteiger partial charge in [0.05, 0.1) is 12.1 Å². The number of methoxy groups -OCH3 is 1. The van der Waals surface area contributed by atoms with Crippen LogP contribution in [0.1, 0.15) is 20.8 Å². The highest BCUT2D eigenvalue weighted by Crippen LogP contribution is 2.07. The van der Waals surface area contributed by atoms with Gasteiger partial charge in [0.2, 0.25) is 0 Å². The molecule has 0 spiro atoms. The molecule has 4 heteroatoms. The van der Waals surface area contributed by atoms with Crippen LogP contribution in [0, 0.1) is 0 Å². The van der Waals surface area contributed by atoms with Crippen LogP contribution in [0.4, 0.5) is 0 Å². The van der Waals surface area contributed by atoms with E-state index >= 15 is 0 Å². The molecule has 0 aliphatic rings. The van der Waals surface area contributed by atoms with Crippen LogP contribution in [0.15, 0.2) is 4.99 Å². The molecule has 0 aromatic rings. The molecule has 0 fully saturated rings. The number of rotatable bonds is 4. The van der Waals surface area contributed by atoms with E-state index in [-0.39, 0.29) is 5.60 Å². The zero-order valence-electron chi connectivity index (χ0n) is 10.2. The summed E-state index contributed by atoms with van der Waals surface area (Å²) in [5, 5.41) is 3.20. The molecule has 0 bridgehead atoms. The van der Waals surface area contributed by atoms with Crippen molar-refractivity contribution in [3.8, 4) is 0 Å². The van der Waals surface area contributed by atoms with Gasteiger partial charge in [0.15, 0.2) is 5.96 Å². The Morgan fingerprint density at radius 1 is 1.43 bits per heavy atom. The Balaban J connectivity index is 4.29. The Morgan fingerprint density at radius 2 is 2.00 bits per heavy atom. The summed E-state index contributed by atoms with van der Waals surface area (Å²) in [6.45, 7) is 7.64. The summed E-state index contributed by atoms with van der Waals surface area (Å²) in [5.41, 5.74) is -0.198. The highest BCUT2D eigenvalue weighted by atomic mass is 16.5. The van der Waals surface area contributed by atoms with Crippen LogP contribution in [0.2, 0.25) is 0 Å². The highest BCUT2D eigenvalue weighted by Gasteiger charge is 2.15. The Bertz CT molecular complexity index is 188. The summed E-state index contributed by atoms with van der Waals surface area (Å²) in [6.07, 6.45) is 0.